The largest absolute Gasteiger partial charge is 0.344 e. The van der Waals surface area contributed by atoms with Crippen molar-refractivity contribution in [3.8, 4) is 0 Å². The third kappa shape index (κ3) is 5.98. The standard InChI is InChI=1S/C61H51N5/c1-2-16-40(17-3-1)59-62-60(44-28-31-47-43(34-44)27-26-38-14-6-8-20-46(38)47)64-61(63-59)50-23-11-13-25-54(50)66-55-33-30-45(37-52(55)51-35-41-18-4-5-19-42(41)36-57(51)66)65-53-24-12-10-22-49(53)58-48-21-9-7-15-39(48)29-32-56(58)65/h1-2,4-5,7,9-13,15-16,19,21-27,29-30,32-37,41,52,55,61H,3,6,8,14,17-18,20,28,31H2,(H,62,63,64). The fourth-order valence-corrected chi connectivity index (χ4v) is 12.5. The van der Waals surface area contributed by atoms with E-state index in [1.54, 1.807) is 16.7 Å². The van der Waals surface area contributed by atoms with Gasteiger partial charge in [-0.2, -0.15) is 0 Å². The molecule has 320 valence electrons. The number of anilines is 1. The van der Waals surface area contributed by atoms with E-state index in [2.05, 4.69) is 185 Å². The van der Waals surface area contributed by atoms with E-state index in [1.165, 1.54) is 109 Å². The van der Waals surface area contributed by atoms with Crippen molar-refractivity contribution in [1.82, 2.24) is 9.88 Å². The fraction of sp³-hybridized carbons (Fsp3) is 0.213. The first-order valence-corrected chi connectivity index (χ1v) is 24.4. The number of aryl methyl sites for hydroxylation is 1. The normalized spacial score (nSPS) is 23.8. The summed E-state index contributed by atoms with van der Waals surface area (Å²) in [6.07, 6.45) is 38.2. The van der Waals surface area contributed by atoms with E-state index < -0.39 is 0 Å². The molecule has 4 unspecified atom stereocenters. The Morgan fingerprint density at radius 3 is 2.52 bits per heavy atom. The van der Waals surface area contributed by atoms with Crippen LogP contribution in [0.3, 0.4) is 0 Å². The van der Waals surface area contributed by atoms with Gasteiger partial charge in [-0.25, -0.2) is 9.98 Å². The number of allylic oxidation sites excluding steroid dienone is 12. The summed E-state index contributed by atoms with van der Waals surface area (Å²) in [4.78, 5) is 13.5. The Bertz CT molecular complexity index is 3460. The van der Waals surface area contributed by atoms with Crippen LogP contribution in [0.4, 0.5) is 5.69 Å². The topological polar surface area (TPSA) is 44.9 Å². The number of fused-ring (bicyclic) bond motifs is 12. The Kier molecular flexibility index (Phi) is 8.75. The summed E-state index contributed by atoms with van der Waals surface area (Å²) in [6, 6.07) is 36.2. The molecule has 0 bridgehead atoms. The number of aliphatic imine (C=N–C) groups is 2. The first-order chi connectivity index (χ1) is 32.7. The van der Waals surface area contributed by atoms with E-state index >= 15 is 0 Å². The van der Waals surface area contributed by atoms with Crippen LogP contribution in [0.2, 0.25) is 0 Å². The van der Waals surface area contributed by atoms with Crippen molar-refractivity contribution in [2.45, 2.75) is 70.0 Å². The van der Waals surface area contributed by atoms with Gasteiger partial charge in [0.2, 0.25) is 0 Å². The van der Waals surface area contributed by atoms with Gasteiger partial charge in [0.15, 0.2) is 5.84 Å². The van der Waals surface area contributed by atoms with Crippen molar-refractivity contribution < 1.29 is 0 Å². The molecular formula is C61H51N5. The monoisotopic (exact) mass is 853 g/mol. The maximum Gasteiger partial charge on any atom is 0.155 e. The summed E-state index contributed by atoms with van der Waals surface area (Å²) >= 11 is 0. The maximum absolute atomic E-state index is 5.53. The molecule has 4 atom stereocenters. The average Bonchev–Trinajstić information content (AvgIpc) is 3.90. The lowest BCUT2D eigenvalue weighted by Crippen LogP contribution is -2.37. The van der Waals surface area contributed by atoms with Crippen LogP contribution in [0, 0.1) is 11.8 Å². The van der Waals surface area contributed by atoms with Gasteiger partial charge in [-0.15, -0.1) is 0 Å². The third-order valence-corrected chi connectivity index (χ3v) is 15.6. The Morgan fingerprint density at radius 2 is 1.56 bits per heavy atom. The highest BCUT2D eigenvalue weighted by Crippen LogP contribution is 2.51. The number of hydrogen-bond acceptors (Lipinski definition) is 4. The molecule has 1 saturated heterocycles. The van der Waals surface area contributed by atoms with Crippen molar-refractivity contribution in [2.24, 2.45) is 21.8 Å². The van der Waals surface area contributed by atoms with Crippen molar-refractivity contribution in [3.05, 3.63) is 220 Å². The Balaban J connectivity index is 0.888. The highest BCUT2D eigenvalue weighted by molar-refractivity contribution is 6.22. The van der Waals surface area contributed by atoms with Crippen molar-refractivity contribution in [2.75, 3.05) is 4.90 Å². The molecule has 0 spiro atoms. The van der Waals surface area contributed by atoms with Gasteiger partial charge in [0.25, 0.3) is 0 Å². The number of hydrogen-bond donors (Lipinski definition) is 1. The zero-order valence-corrected chi connectivity index (χ0v) is 37.1. The third-order valence-electron chi connectivity index (χ3n) is 15.6. The maximum atomic E-state index is 5.53. The summed E-state index contributed by atoms with van der Waals surface area (Å²) in [5.74, 6) is 2.34. The van der Waals surface area contributed by atoms with Crippen LogP contribution in [0.15, 0.2) is 202 Å². The molecule has 1 fully saturated rings. The predicted octanol–water partition coefficient (Wildman–Crippen LogP) is 13.8. The Hall–Kier alpha value is -7.24. The first-order valence-electron chi connectivity index (χ1n) is 24.4. The van der Waals surface area contributed by atoms with Crippen LogP contribution in [0.1, 0.15) is 72.5 Å². The van der Waals surface area contributed by atoms with Crippen molar-refractivity contribution >= 4 is 61.7 Å². The van der Waals surface area contributed by atoms with Gasteiger partial charge in [0.1, 0.15) is 12.0 Å². The van der Waals surface area contributed by atoms with Gasteiger partial charge in [-0.05, 0) is 150 Å². The second kappa shape index (κ2) is 15.2. The lowest BCUT2D eigenvalue weighted by molar-refractivity contribution is 0.655. The van der Waals surface area contributed by atoms with E-state index in [9.17, 15) is 0 Å². The van der Waals surface area contributed by atoms with Crippen molar-refractivity contribution in [1.29, 1.82) is 0 Å². The Morgan fingerprint density at radius 1 is 0.682 bits per heavy atom. The van der Waals surface area contributed by atoms with E-state index in [-0.39, 0.29) is 18.1 Å². The minimum Gasteiger partial charge on any atom is -0.344 e. The van der Waals surface area contributed by atoms with Crippen LogP contribution in [-0.2, 0) is 19.3 Å². The van der Waals surface area contributed by atoms with Gasteiger partial charge in [-0.3, -0.25) is 0 Å². The predicted molar refractivity (Wildman–Crippen MR) is 275 cm³/mol. The zero-order valence-electron chi connectivity index (χ0n) is 37.1. The summed E-state index contributed by atoms with van der Waals surface area (Å²) in [7, 11) is 0. The smallest absolute Gasteiger partial charge is 0.155 e. The van der Waals surface area contributed by atoms with Gasteiger partial charge in [0, 0.05) is 45.3 Å². The van der Waals surface area contributed by atoms with Crippen LogP contribution < -0.4 is 10.2 Å². The van der Waals surface area contributed by atoms with Gasteiger partial charge >= 0.3 is 0 Å². The number of rotatable bonds is 5. The second-order valence-electron chi connectivity index (χ2n) is 19.3. The zero-order chi connectivity index (χ0) is 43.3. The average molecular weight is 854 g/mol. The molecule has 5 aromatic carbocycles. The molecule has 5 nitrogen and oxygen atoms in total. The molecule has 66 heavy (non-hydrogen) atoms. The minimum absolute atomic E-state index is 0.0879. The minimum atomic E-state index is -0.312. The number of benzene rings is 5. The van der Waals surface area contributed by atoms with E-state index in [1.807, 2.05) is 0 Å². The van der Waals surface area contributed by atoms with Gasteiger partial charge in [0.05, 0.1) is 17.1 Å². The van der Waals surface area contributed by atoms with E-state index in [0.717, 1.165) is 43.8 Å². The molecule has 0 saturated carbocycles. The van der Waals surface area contributed by atoms with Crippen LogP contribution >= 0.6 is 0 Å². The summed E-state index contributed by atoms with van der Waals surface area (Å²) < 4.78 is 2.51. The fourth-order valence-electron chi connectivity index (χ4n) is 12.5. The molecule has 2 aliphatic heterocycles. The molecule has 5 heteroatoms. The lowest BCUT2D eigenvalue weighted by atomic mass is 9.80. The molecule has 1 N–H and O–H groups in total. The first kappa shape index (κ1) is 38.1. The van der Waals surface area contributed by atoms with Crippen molar-refractivity contribution in [3.63, 3.8) is 0 Å². The molecule has 14 rings (SSSR count). The highest BCUT2D eigenvalue weighted by Gasteiger charge is 2.44. The van der Waals surface area contributed by atoms with Crippen LogP contribution in [0.5, 0.6) is 0 Å². The number of nitrogens with one attached hydrogen (secondary N) is 1. The summed E-state index contributed by atoms with van der Waals surface area (Å²) in [5.41, 5.74) is 18.7. The molecule has 0 amide bonds. The van der Waals surface area contributed by atoms with Gasteiger partial charge in [-0.1, -0.05) is 134 Å². The van der Waals surface area contributed by atoms with Crippen LogP contribution in [0.25, 0.3) is 44.4 Å². The molecule has 3 heterocycles. The van der Waals surface area contributed by atoms with E-state index in [4.69, 9.17) is 9.98 Å². The molecular weight excluding hydrogens is 803 g/mol. The number of aromatic nitrogens is 1. The number of amidine groups is 2. The summed E-state index contributed by atoms with van der Waals surface area (Å²) in [6.45, 7) is 0. The Labute approximate surface area is 386 Å². The molecule has 6 aliphatic carbocycles. The molecule has 8 aliphatic rings. The van der Waals surface area contributed by atoms with E-state index in [0.29, 0.717) is 5.92 Å². The van der Waals surface area contributed by atoms with Crippen LogP contribution in [-0.4, -0.2) is 22.3 Å². The highest BCUT2D eigenvalue weighted by atomic mass is 15.2. The lowest BCUT2D eigenvalue weighted by Gasteiger charge is -2.34. The summed E-state index contributed by atoms with van der Waals surface area (Å²) in [5, 5.41) is 9.14. The number of para-hydroxylation sites is 2. The molecule has 1 aromatic heterocycles. The SMILES string of the molecule is C1=CCCC(C2=NC(c3ccccc3N3C4=CC5=CC=CCC5C=C4C4C=C(n5c6ccccc6c6c7ccccc7ccc65)C=CC43)NC(C3=Cc4ccc5c(c4CC3)CCCC5)=N2)=C1. The van der Waals surface area contributed by atoms with Gasteiger partial charge < -0.3 is 14.8 Å². The quantitative estimate of drug-likeness (QED) is 0.188. The molecule has 6 aromatic rings. The second-order valence-corrected chi connectivity index (χ2v) is 19.3. The number of nitrogens with zero attached hydrogens (tertiary/aromatic N) is 4. The molecule has 0 radical (unpaired) electrons.